The van der Waals surface area contributed by atoms with Crippen LogP contribution in [0.1, 0.15) is 6.92 Å². The molecule has 2 nitrogen and oxygen atoms in total. The summed E-state index contributed by atoms with van der Waals surface area (Å²) in [5, 5.41) is 0.568. The lowest BCUT2D eigenvalue weighted by Crippen LogP contribution is -2.15. The van der Waals surface area contributed by atoms with E-state index in [1.54, 1.807) is 0 Å². The molecule has 0 aliphatic carbocycles. The van der Waals surface area contributed by atoms with Crippen molar-refractivity contribution >= 4 is 11.8 Å². The average Bonchev–Trinajstić information content (AvgIpc) is 1.83. The molecule has 0 saturated carbocycles. The van der Waals surface area contributed by atoms with Crippen LogP contribution in [0.5, 0.6) is 0 Å². The predicted molar refractivity (Wildman–Crippen MR) is 40.0 cm³/mol. The maximum Gasteiger partial charge on any atom is 0.0142 e. The second-order valence-electron chi connectivity index (χ2n) is 1.71. The van der Waals surface area contributed by atoms with Crippen LogP contribution >= 0.6 is 11.8 Å². The Morgan fingerprint density at radius 1 is 1.50 bits per heavy atom. The number of rotatable bonds is 4. The first kappa shape index (κ1) is 8.27. The van der Waals surface area contributed by atoms with Gasteiger partial charge in [0.05, 0.1) is 0 Å². The van der Waals surface area contributed by atoms with E-state index >= 15 is 0 Å². The van der Waals surface area contributed by atoms with Crippen LogP contribution in [-0.4, -0.2) is 24.1 Å². The Bertz CT molecular complexity index is 49.7. The van der Waals surface area contributed by atoms with Gasteiger partial charge >= 0.3 is 0 Å². The molecular formula is C5H14N2S. The molecule has 0 aliphatic heterocycles. The summed E-state index contributed by atoms with van der Waals surface area (Å²) in [5.74, 6) is 1.03. The molecule has 0 spiro atoms. The lowest BCUT2D eigenvalue weighted by Gasteiger charge is -2.04. The Labute approximate surface area is 55.0 Å². The van der Waals surface area contributed by atoms with Crippen molar-refractivity contribution in [3.63, 3.8) is 0 Å². The number of hydrogen-bond acceptors (Lipinski definition) is 3. The van der Waals surface area contributed by atoms with E-state index in [2.05, 4.69) is 6.92 Å². The Morgan fingerprint density at radius 2 is 2.12 bits per heavy atom. The second-order valence-corrected chi connectivity index (χ2v) is 3.25. The zero-order valence-electron chi connectivity index (χ0n) is 5.26. The van der Waals surface area contributed by atoms with Gasteiger partial charge in [-0.2, -0.15) is 11.8 Å². The van der Waals surface area contributed by atoms with E-state index in [0.717, 1.165) is 18.8 Å². The molecule has 0 amide bonds. The predicted octanol–water partition coefficient (Wildman–Crippen LogP) is 0.0255. The van der Waals surface area contributed by atoms with Gasteiger partial charge in [0.2, 0.25) is 0 Å². The fourth-order valence-corrected chi connectivity index (χ4v) is 1.01. The van der Waals surface area contributed by atoms with E-state index < -0.39 is 0 Å². The first-order chi connectivity index (χ1) is 3.81. The summed E-state index contributed by atoms with van der Waals surface area (Å²) in [4.78, 5) is 0. The number of hydrogen-bond donors (Lipinski definition) is 2. The second kappa shape index (κ2) is 5.41. The van der Waals surface area contributed by atoms with Crippen LogP contribution in [0.3, 0.4) is 0 Å². The Hall–Kier alpha value is 0.270. The molecule has 0 aliphatic rings. The highest BCUT2D eigenvalue weighted by Crippen LogP contribution is 2.05. The minimum absolute atomic E-state index is 0.568. The maximum absolute atomic E-state index is 5.35. The van der Waals surface area contributed by atoms with E-state index in [1.165, 1.54) is 0 Å². The third kappa shape index (κ3) is 4.43. The van der Waals surface area contributed by atoms with Crippen LogP contribution < -0.4 is 11.5 Å². The molecule has 1 atom stereocenters. The van der Waals surface area contributed by atoms with Crippen molar-refractivity contribution in [1.82, 2.24) is 0 Å². The van der Waals surface area contributed by atoms with Crippen LogP contribution in [0.15, 0.2) is 0 Å². The summed E-state index contributed by atoms with van der Waals surface area (Å²) in [7, 11) is 0. The molecule has 4 N–H and O–H groups in total. The zero-order chi connectivity index (χ0) is 6.41. The van der Waals surface area contributed by atoms with E-state index in [9.17, 15) is 0 Å². The molecular weight excluding hydrogens is 120 g/mol. The van der Waals surface area contributed by atoms with Crippen molar-refractivity contribution in [2.75, 3.05) is 18.8 Å². The van der Waals surface area contributed by atoms with Crippen molar-refractivity contribution in [3.8, 4) is 0 Å². The van der Waals surface area contributed by atoms with Crippen molar-refractivity contribution in [2.24, 2.45) is 11.5 Å². The van der Waals surface area contributed by atoms with Crippen LogP contribution in [-0.2, 0) is 0 Å². The van der Waals surface area contributed by atoms with Crippen molar-refractivity contribution in [2.45, 2.75) is 12.2 Å². The summed E-state index contributed by atoms with van der Waals surface area (Å²) in [6.07, 6.45) is 0. The van der Waals surface area contributed by atoms with E-state index in [4.69, 9.17) is 11.5 Å². The minimum atomic E-state index is 0.568. The highest BCUT2D eigenvalue weighted by Gasteiger charge is 1.95. The quantitative estimate of drug-likeness (QED) is 0.570. The molecule has 3 heteroatoms. The molecule has 0 saturated heterocycles. The molecule has 1 unspecified atom stereocenters. The van der Waals surface area contributed by atoms with Gasteiger partial charge in [0, 0.05) is 24.1 Å². The summed E-state index contributed by atoms with van der Waals surface area (Å²) in [6.45, 7) is 3.62. The summed E-state index contributed by atoms with van der Waals surface area (Å²) >= 11 is 1.83. The van der Waals surface area contributed by atoms with Gasteiger partial charge in [0.15, 0.2) is 0 Å². The zero-order valence-corrected chi connectivity index (χ0v) is 6.08. The maximum atomic E-state index is 5.35. The Kier molecular flexibility index (Phi) is 5.59. The highest BCUT2D eigenvalue weighted by molar-refractivity contribution is 7.99. The number of nitrogens with two attached hydrogens (primary N) is 2. The summed E-state index contributed by atoms with van der Waals surface area (Å²) in [6, 6.07) is 0. The first-order valence-corrected chi connectivity index (χ1v) is 3.88. The molecule has 0 radical (unpaired) electrons. The van der Waals surface area contributed by atoms with E-state index in [-0.39, 0.29) is 0 Å². The molecule has 0 rings (SSSR count). The molecule has 8 heavy (non-hydrogen) atoms. The van der Waals surface area contributed by atoms with Gasteiger partial charge in [-0.05, 0) is 0 Å². The normalized spacial score (nSPS) is 13.9. The van der Waals surface area contributed by atoms with E-state index in [0.29, 0.717) is 5.25 Å². The molecule has 0 bridgehead atoms. The molecule has 0 heterocycles. The lowest BCUT2D eigenvalue weighted by atomic mass is 10.5. The topological polar surface area (TPSA) is 52.0 Å². The molecule has 0 aromatic heterocycles. The van der Waals surface area contributed by atoms with Crippen molar-refractivity contribution in [3.05, 3.63) is 0 Å². The SMILES string of the molecule is CC(CN)SCCN. The molecule has 0 aromatic carbocycles. The number of thioether (sulfide) groups is 1. The summed E-state index contributed by atoms with van der Waals surface area (Å²) < 4.78 is 0. The minimum Gasteiger partial charge on any atom is -0.330 e. The Balaban J connectivity index is 2.86. The smallest absolute Gasteiger partial charge is 0.0142 e. The van der Waals surface area contributed by atoms with Crippen molar-refractivity contribution < 1.29 is 0 Å². The fourth-order valence-electron chi connectivity index (χ4n) is 0.337. The van der Waals surface area contributed by atoms with Crippen LogP contribution in [0.4, 0.5) is 0 Å². The van der Waals surface area contributed by atoms with Crippen LogP contribution in [0, 0.1) is 0 Å². The monoisotopic (exact) mass is 134 g/mol. The molecule has 50 valence electrons. The van der Waals surface area contributed by atoms with Gasteiger partial charge < -0.3 is 11.5 Å². The van der Waals surface area contributed by atoms with Gasteiger partial charge in [0.25, 0.3) is 0 Å². The Morgan fingerprint density at radius 3 is 2.50 bits per heavy atom. The average molecular weight is 134 g/mol. The molecule has 0 fully saturated rings. The van der Waals surface area contributed by atoms with Crippen LogP contribution in [0.2, 0.25) is 0 Å². The summed E-state index contributed by atoms with van der Waals surface area (Å²) in [5.41, 5.74) is 10.6. The third-order valence-electron chi connectivity index (χ3n) is 0.852. The standard InChI is InChI=1S/C5H14N2S/c1-5(4-7)8-3-2-6/h5H,2-4,6-7H2,1H3. The third-order valence-corrected chi connectivity index (χ3v) is 2.09. The molecule has 0 aromatic rings. The fraction of sp³-hybridized carbons (Fsp3) is 1.00. The first-order valence-electron chi connectivity index (χ1n) is 2.83. The van der Waals surface area contributed by atoms with Gasteiger partial charge in [-0.1, -0.05) is 6.92 Å². The largest absolute Gasteiger partial charge is 0.330 e. The van der Waals surface area contributed by atoms with Crippen LogP contribution in [0.25, 0.3) is 0 Å². The van der Waals surface area contributed by atoms with E-state index in [1.807, 2.05) is 11.8 Å². The van der Waals surface area contributed by atoms with Crippen molar-refractivity contribution in [1.29, 1.82) is 0 Å². The highest BCUT2D eigenvalue weighted by atomic mass is 32.2. The van der Waals surface area contributed by atoms with Gasteiger partial charge in [-0.15, -0.1) is 0 Å². The van der Waals surface area contributed by atoms with Gasteiger partial charge in [0.1, 0.15) is 0 Å². The van der Waals surface area contributed by atoms with Gasteiger partial charge in [-0.25, -0.2) is 0 Å². The van der Waals surface area contributed by atoms with Gasteiger partial charge in [-0.3, -0.25) is 0 Å². The lowest BCUT2D eigenvalue weighted by molar-refractivity contribution is 0.948.